The SMILES string of the molecule is FC(F)(F)CCN1Cc2ncnc(Nc3cnc4ccccc4c3)c2C1. The predicted octanol–water partition coefficient (Wildman–Crippen LogP) is 4.04. The van der Waals surface area contributed by atoms with E-state index in [1.165, 1.54) is 6.33 Å². The van der Waals surface area contributed by atoms with E-state index in [1.807, 2.05) is 30.3 Å². The molecular formula is C18H16F3N5. The van der Waals surface area contributed by atoms with Crippen LogP contribution in [0.5, 0.6) is 0 Å². The number of hydrogen-bond acceptors (Lipinski definition) is 5. The van der Waals surface area contributed by atoms with Crippen molar-refractivity contribution < 1.29 is 13.2 Å². The molecule has 3 heterocycles. The van der Waals surface area contributed by atoms with Gasteiger partial charge in [0.25, 0.3) is 0 Å². The maximum Gasteiger partial charge on any atom is 0.390 e. The lowest BCUT2D eigenvalue weighted by Gasteiger charge is -2.15. The highest BCUT2D eigenvalue weighted by Crippen LogP contribution is 2.30. The number of anilines is 2. The Labute approximate surface area is 147 Å². The van der Waals surface area contributed by atoms with Gasteiger partial charge < -0.3 is 5.32 Å². The van der Waals surface area contributed by atoms with Crippen molar-refractivity contribution in [3.63, 3.8) is 0 Å². The Hall–Kier alpha value is -2.74. The maximum absolute atomic E-state index is 12.5. The van der Waals surface area contributed by atoms with Gasteiger partial charge in [-0.2, -0.15) is 13.2 Å². The minimum absolute atomic E-state index is 0.0448. The van der Waals surface area contributed by atoms with Crippen LogP contribution in [0.15, 0.2) is 42.9 Å². The van der Waals surface area contributed by atoms with Gasteiger partial charge in [0.15, 0.2) is 0 Å². The molecule has 0 saturated carbocycles. The average Bonchev–Trinajstić information content (AvgIpc) is 3.04. The molecule has 0 saturated heterocycles. The molecule has 5 nitrogen and oxygen atoms in total. The van der Waals surface area contributed by atoms with Crippen molar-refractivity contribution in [1.82, 2.24) is 19.9 Å². The van der Waals surface area contributed by atoms with Gasteiger partial charge in [-0.1, -0.05) is 18.2 Å². The summed E-state index contributed by atoms with van der Waals surface area (Å²) < 4.78 is 37.4. The zero-order valence-corrected chi connectivity index (χ0v) is 13.8. The summed E-state index contributed by atoms with van der Waals surface area (Å²) in [6, 6.07) is 9.73. The smallest absolute Gasteiger partial charge is 0.339 e. The Morgan fingerprint density at radius 2 is 1.92 bits per heavy atom. The molecule has 0 atom stereocenters. The fourth-order valence-corrected chi connectivity index (χ4v) is 3.07. The first-order valence-corrected chi connectivity index (χ1v) is 8.22. The number of pyridine rings is 1. The first-order chi connectivity index (χ1) is 12.5. The summed E-state index contributed by atoms with van der Waals surface area (Å²) in [6.45, 7) is 0.755. The third-order valence-electron chi connectivity index (χ3n) is 4.35. The van der Waals surface area contributed by atoms with Crippen LogP contribution in [-0.2, 0) is 13.1 Å². The molecule has 4 rings (SSSR count). The van der Waals surface area contributed by atoms with Gasteiger partial charge in [0.1, 0.15) is 12.1 Å². The van der Waals surface area contributed by atoms with Gasteiger partial charge in [-0.05, 0) is 12.1 Å². The van der Waals surface area contributed by atoms with E-state index in [0.29, 0.717) is 18.9 Å². The molecule has 0 amide bonds. The Morgan fingerprint density at radius 3 is 2.77 bits per heavy atom. The number of rotatable bonds is 4. The third kappa shape index (κ3) is 3.60. The molecular weight excluding hydrogens is 343 g/mol. The molecule has 1 aliphatic heterocycles. The molecule has 8 heteroatoms. The quantitative estimate of drug-likeness (QED) is 0.762. The lowest BCUT2D eigenvalue weighted by Crippen LogP contribution is -2.23. The number of nitrogens with zero attached hydrogens (tertiary/aromatic N) is 4. The molecule has 1 N–H and O–H groups in total. The van der Waals surface area contributed by atoms with Crippen molar-refractivity contribution in [2.45, 2.75) is 25.7 Å². The maximum atomic E-state index is 12.5. The summed E-state index contributed by atoms with van der Waals surface area (Å²) in [5.74, 6) is 0.613. The summed E-state index contributed by atoms with van der Waals surface area (Å²) in [4.78, 5) is 14.6. The zero-order chi connectivity index (χ0) is 18.1. The largest absolute Gasteiger partial charge is 0.390 e. The fourth-order valence-electron chi connectivity index (χ4n) is 3.07. The molecule has 0 fully saturated rings. The Kier molecular flexibility index (Phi) is 4.20. The highest BCUT2D eigenvalue weighted by Gasteiger charge is 2.30. The second-order valence-electron chi connectivity index (χ2n) is 6.27. The highest BCUT2D eigenvalue weighted by atomic mass is 19.4. The van der Waals surface area contributed by atoms with Crippen molar-refractivity contribution in [3.05, 3.63) is 54.1 Å². The van der Waals surface area contributed by atoms with E-state index in [-0.39, 0.29) is 6.54 Å². The molecule has 0 radical (unpaired) electrons. The monoisotopic (exact) mass is 359 g/mol. The number of fused-ring (bicyclic) bond motifs is 2. The van der Waals surface area contributed by atoms with Crippen LogP contribution in [0.1, 0.15) is 17.7 Å². The number of aromatic nitrogens is 3. The van der Waals surface area contributed by atoms with Crippen LogP contribution in [0, 0.1) is 0 Å². The normalized spacial score (nSPS) is 14.6. The van der Waals surface area contributed by atoms with Gasteiger partial charge in [0.05, 0.1) is 29.5 Å². The third-order valence-corrected chi connectivity index (χ3v) is 4.35. The summed E-state index contributed by atoms with van der Waals surface area (Å²) >= 11 is 0. The molecule has 3 aromatic rings. The first kappa shape index (κ1) is 16.7. The second kappa shape index (κ2) is 6.53. The van der Waals surface area contributed by atoms with Gasteiger partial charge in [-0.3, -0.25) is 9.88 Å². The van der Waals surface area contributed by atoms with Gasteiger partial charge in [0, 0.05) is 30.6 Å². The molecule has 26 heavy (non-hydrogen) atoms. The van der Waals surface area contributed by atoms with Crippen molar-refractivity contribution in [1.29, 1.82) is 0 Å². The number of benzene rings is 1. The van der Waals surface area contributed by atoms with Crippen LogP contribution in [0.3, 0.4) is 0 Å². The van der Waals surface area contributed by atoms with Crippen LogP contribution in [-0.4, -0.2) is 32.6 Å². The van der Waals surface area contributed by atoms with E-state index < -0.39 is 12.6 Å². The fraction of sp³-hybridized carbons (Fsp3) is 0.278. The Balaban J connectivity index is 1.53. The standard InChI is InChI=1S/C18H16F3N5/c19-18(20,21)5-6-26-9-14-16(10-26)23-11-24-17(14)25-13-7-12-3-1-2-4-15(12)22-8-13/h1-4,7-8,11H,5-6,9-10H2,(H,23,24,25). The van der Waals surface area contributed by atoms with E-state index in [1.54, 1.807) is 11.1 Å². The first-order valence-electron chi connectivity index (χ1n) is 8.22. The molecule has 0 aliphatic carbocycles. The average molecular weight is 359 g/mol. The number of nitrogens with one attached hydrogen (secondary N) is 1. The molecule has 0 bridgehead atoms. The Morgan fingerprint density at radius 1 is 1.08 bits per heavy atom. The second-order valence-corrected chi connectivity index (χ2v) is 6.27. The predicted molar refractivity (Wildman–Crippen MR) is 91.8 cm³/mol. The lowest BCUT2D eigenvalue weighted by molar-refractivity contribution is -0.138. The summed E-state index contributed by atoms with van der Waals surface area (Å²) in [5.41, 5.74) is 3.27. The number of alkyl halides is 3. The van der Waals surface area contributed by atoms with Crippen molar-refractivity contribution in [3.8, 4) is 0 Å². The van der Waals surface area contributed by atoms with E-state index in [9.17, 15) is 13.2 Å². The van der Waals surface area contributed by atoms with Crippen molar-refractivity contribution in [2.75, 3.05) is 11.9 Å². The molecule has 2 aromatic heterocycles. The van der Waals surface area contributed by atoms with E-state index in [4.69, 9.17) is 0 Å². The van der Waals surface area contributed by atoms with Crippen LogP contribution >= 0.6 is 0 Å². The minimum Gasteiger partial charge on any atom is -0.339 e. The zero-order valence-electron chi connectivity index (χ0n) is 13.8. The van der Waals surface area contributed by atoms with Crippen molar-refractivity contribution in [2.24, 2.45) is 0 Å². The lowest BCUT2D eigenvalue weighted by atomic mass is 10.2. The number of halogens is 3. The van der Waals surface area contributed by atoms with Gasteiger partial charge in [0.2, 0.25) is 0 Å². The van der Waals surface area contributed by atoms with Crippen LogP contribution in [0.2, 0.25) is 0 Å². The van der Waals surface area contributed by atoms with Gasteiger partial charge in [-0.25, -0.2) is 9.97 Å². The summed E-state index contributed by atoms with van der Waals surface area (Å²) in [6.07, 6.45) is -1.83. The minimum atomic E-state index is -4.15. The molecule has 1 aliphatic rings. The number of para-hydroxylation sites is 1. The van der Waals surface area contributed by atoms with E-state index in [2.05, 4.69) is 20.3 Å². The summed E-state index contributed by atoms with van der Waals surface area (Å²) in [7, 11) is 0. The summed E-state index contributed by atoms with van der Waals surface area (Å²) in [5, 5.41) is 4.22. The Bertz CT molecular complexity index is 942. The topological polar surface area (TPSA) is 53.9 Å². The van der Waals surface area contributed by atoms with Crippen molar-refractivity contribution >= 4 is 22.4 Å². The molecule has 0 spiro atoms. The van der Waals surface area contributed by atoms with Gasteiger partial charge in [-0.15, -0.1) is 0 Å². The van der Waals surface area contributed by atoms with E-state index >= 15 is 0 Å². The van der Waals surface area contributed by atoms with E-state index in [0.717, 1.165) is 27.8 Å². The van der Waals surface area contributed by atoms with Crippen LogP contribution in [0.4, 0.5) is 24.7 Å². The molecule has 0 unspecified atom stereocenters. The van der Waals surface area contributed by atoms with Crippen LogP contribution in [0.25, 0.3) is 10.9 Å². The molecule has 1 aromatic carbocycles. The highest BCUT2D eigenvalue weighted by molar-refractivity contribution is 5.82. The van der Waals surface area contributed by atoms with Gasteiger partial charge >= 0.3 is 6.18 Å². The number of hydrogen-bond donors (Lipinski definition) is 1. The molecule has 134 valence electrons. The van der Waals surface area contributed by atoms with Crippen LogP contribution < -0.4 is 5.32 Å².